The van der Waals surface area contributed by atoms with Crippen LogP contribution in [0.25, 0.3) is 0 Å². The van der Waals surface area contributed by atoms with Gasteiger partial charge in [-0.2, -0.15) is 0 Å². The maximum absolute atomic E-state index is 11.6. The second-order valence-corrected chi connectivity index (χ2v) is 4.51. The maximum Gasteiger partial charge on any atom is 0.221 e. The van der Waals surface area contributed by atoms with Gasteiger partial charge < -0.3 is 21.1 Å². The molecule has 4 N–H and O–H groups in total. The van der Waals surface area contributed by atoms with Gasteiger partial charge in [0.15, 0.2) is 0 Å². The summed E-state index contributed by atoms with van der Waals surface area (Å²) in [6.45, 7) is 4.62. The molecule has 1 rings (SSSR count). The highest BCUT2D eigenvalue weighted by Crippen LogP contribution is 2.24. The molecule has 5 nitrogen and oxygen atoms in total. The Kier molecular flexibility index (Phi) is 5.99. The molecule has 1 amide bonds. The molecule has 1 aromatic rings. The SMILES string of the molecule is CCC(C)NC(=O)CCNc1ccc(N)c(OC)c1. The number of nitrogens with one attached hydrogen (secondary N) is 2. The fourth-order valence-corrected chi connectivity index (χ4v) is 1.59. The van der Waals surface area contributed by atoms with Gasteiger partial charge in [-0.25, -0.2) is 0 Å². The number of rotatable bonds is 7. The van der Waals surface area contributed by atoms with E-state index >= 15 is 0 Å². The minimum absolute atomic E-state index is 0.0595. The zero-order chi connectivity index (χ0) is 14.3. The van der Waals surface area contributed by atoms with Gasteiger partial charge in [-0.05, 0) is 25.5 Å². The number of carbonyl (C=O) groups excluding carboxylic acids is 1. The number of nitrogen functional groups attached to an aromatic ring is 1. The largest absolute Gasteiger partial charge is 0.495 e. The first kappa shape index (κ1) is 15.1. The van der Waals surface area contributed by atoms with Gasteiger partial charge in [0, 0.05) is 30.8 Å². The molecule has 0 aliphatic rings. The van der Waals surface area contributed by atoms with E-state index in [9.17, 15) is 4.79 Å². The molecule has 0 spiro atoms. The number of hydrogen-bond acceptors (Lipinski definition) is 4. The van der Waals surface area contributed by atoms with Crippen LogP contribution in [0.1, 0.15) is 26.7 Å². The number of amides is 1. The van der Waals surface area contributed by atoms with Gasteiger partial charge in [0.05, 0.1) is 12.8 Å². The molecule has 0 heterocycles. The molecular formula is C14H23N3O2. The van der Waals surface area contributed by atoms with E-state index in [2.05, 4.69) is 10.6 Å². The first-order valence-corrected chi connectivity index (χ1v) is 6.53. The van der Waals surface area contributed by atoms with E-state index in [4.69, 9.17) is 10.5 Å². The minimum atomic E-state index is 0.0595. The van der Waals surface area contributed by atoms with E-state index in [0.717, 1.165) is 12.1 Å². The third kappa shape index (κ3) is 5.07. The molecule has 0 saturated heterocycles. The Hall–Kier alpha value is -1.91. The number of anilines is 2. The van der Waals surface area contributed by atoms with E-state index in [1.54, 1.807) is 13.2 Å². The number of nitrogens with two attached hydrogens (primary N) is 1. The Morgan fingerprint density at radius 2 is 2.21 bits per heavy atom. The highest BCUT2D eigenvalue weighted by molar-refractivity contribution is 5.76. The van der Waals surface area contributed by atoms with Gasteiger partial charge in [-0.3, -0.25) is 4.79 Å². The lowest BCUT2D eigenvalue weighted by Gasteiger charge is -2.12. The molecule has 106 valence electrons. The van der Waals surface area contributed by atoms with Gasteiger partial charge in [0.2, 0.25) is 5.91 Å². The highest BCUT2D eigenvalue weighted by atomic mass is 16.5. The zero-order valence-corrected chi connectivity index (χ0v) is 11.8. The van der Waals surface area contributed by atoms with Crippen LogP contribution in [-0.4, -0.2) is 25.6 Å². The maximum atomic E-state index is 11.6. The molecule has 19 heavy (non-hydrogen) atoms. The Labute approximate surface area is 114 Å². The van der Waals surface area contributed by atoms with Crippen molar-refractivity contribution in [2.75, 3.05) is 24.7 Å². The lowest BCUT2D eigenvalue weighted by molar-refractivity contribution is -0.121. The number of carbonyl (C=O) groups is 1. The normalized spacial score (nSPS) is 11.7. The predicted molar refractivity (Wildman–Crippen MR) is 78.4 cm³/mol. The molecule has 1 atom stereocenters. The second-order valence-electron chi connectivity index (χ2n) is 4.51. The first-order chi connectivity index (χ1) is 9.06. The lowest BCUT2D eigenvalue weighted by atomic mass is 10.2. The van der Waals surface area contributed by atoms with E-state index in [1.807, 2.05) is 26.0 Å². The van der Waals surface area contributed by atoms with Crippen molar-refractivity contribution in [3.8, 4) is 5.75 Å². The van der Waals surface area contributed by atoms with Crippen molar-refractivity contribution in [2.24, 2.45) is 0 Å². The Balaban J connectivity index is 2.39. The van der Waals surface area contributed by atoms with Crippen molar-refractivity contribution in [1.82, 2.24) is 5.32 Å². The molecule has 0 aliphatic carbocycles. The fourth-order valence-electron chi connectivity index (χ4n) is 1.59. The minimum Gasteiger partial charge on any atom is -0.495 e. The summed E-state index contributed by atoms with van der Waals surface area (Å²) in [5, 5.41) is 6.10. The van der Waals surface area contributed by atoms with Crippen LogP contribution in [0.3, 0.4) is 0 Å². The smallest absolute Gasteiger partial charge is 0.221 e. The standard InChI is InChI=1S/C14H23N3O2/c1-4-10(2)17-14(18)7-8-16-11-5-6-12(15)13(9-11)19-3/h5-6,9-10,16H,4,7-8,15H2,1-3H3,(H,17,18). The molecule has 0 bridgehead atoms. The third-order valence-electron chi connectivity index (χ3n) is 2.93. The molecule has 0 radical (unpaired) electrons. The summed E-state index contributed by atoms with van der Waals surface area (Å²) < 4.78 is 5.14. The van der Waals surface area contributed by atoms with Crippen molar-refractivity contribution in [3.05, 3.63) is 18.2 Å². The average Bonchev–Trinajstić information content (AvgIpc) is 2.40. The summed E-state index contributed by atoms with van der Waals surface area (Å²) in [6, 6.07) is 5.69. The molecular weight excluding hydrogens is 242 g/mol. The van der Waals surface area contributed by atoms with Crippen molar-refractivity contribution >= 4 is 17.3 Å². The summed E-state index contributed by atoms with van der Waals surface area (Å²) in [4.78, 5) is 11.6. The molecule has 0 saturated carbocycles. The molecule has 0 fully saturated rings. The number of ether oxygens (including phenoxy) is 1. The number of hydrogen-bond donors (Lipinski definition) is 3. The van der Waals surface area contributed by atoms with E-state index in [0.29, 0.717) is 24.4 Å². The van der Waals surface area contributed by atoms with Crippen LogP contribution in [-0.2, 0) is 4.79 Å². The Morgan fingerprint density at radius 1 is 1.47 bits per heavy atom. The Bertz CT molecular complexity index is 421. The molecule has 1 aromatic carbocycles. The van der Waals surface area contributed by atoms with E-state index in [1.165, 1.54) is 0 Å². The number of methoxy groups -OCH3 is 1. The fraction of sp³-hybridized carbons (Fsp3) is 0.500. The van der Waals surface area contributed by atoms with Crippen LogP contribution < -0.4 is 21.1 Å². The lowest BCUT2D eigenvalue weighted by Crippen LogP contribution is -2.32. The molecule has 5 heteroatoms. The summed E-state index contributed by atoms with van der Waals surface area (Å²) in [7, 11) is 1.58. The highest BCUT2D eigenvalue weighted by Gasteiger charge is 2.05. The quantitative estimate of drug-likeness (QED) is 0.659. The van der Waals surface area contributed by atoms with Crippen LogP contribution in [0.2, 0.25) is 0 Å². The Morgan fingerprint density at radius 3 is 2.84 bits per heavy atom. The van der Waals surface area contributed by atoms with Crippen LogP contribution >= 0.6 is 0 Å². The molecule has 0 aliphatic heterocycles. The first-order valence-electron chi connectivity index (χ1n) is 6.53. The van der Waals surface area contributed by atoms with Gasteiger partial charge in [0.1, 0.15) is 5.75 Å². The summed E-state index contributed by atoms with van der Waals surface area (Å²) in [6.07, 6.45) is 1.38. The van der Waals surface area contributed by atoms with Gasteiger partial charge >= 0.3 is 0 Å². The summed E-state index contributed by atoms with van der Waals surface area (Å²) in [5.74, 6) is 0.693. The molecule has 1 unspecified atom stereocenters. The van der Waals surface area contributed by atoms with Crippen LogP contribution in [0.5, 0.6) is 5.75 Å². The number of benzene rings is 1. The van der Waals surface area contributed by atoms with Gasteiger partial charge in [-0.1, -0.05) is 6.92 Å². The van der Waals surface area contributed by atoms with Crippen molar-refractivity contribution in [2.45, 2.75) is 32.7 Å². The third-order valence-corrected chi connectivity index (χ3v) is 2.93. The van der Waals surface area contributed by atoms with Gasteiger partial charge in [-0.15, -0.1) is 0 Å². The van der Waals surface area contributed by atoms with Crippen molar-refractivity contribution in [1.29, 1.82) is 0 Å². The van der Waals surface area contributed by atoms with E-state index < -0.39 is 0 Å². The molecule has 0 aromatic heterocycles. The van der Waals surface area contributed by atoms with Gasteiger partial charge in [0.25, 0.3) is 0 Å². The van der Waals surface area contributed by atoms with Crippen LogP contribution in [0.4, 0.5) is 11.4 Å². The summed E-state index contributed by atoms with van der Waals surface area (Å²) >= 11 is 0. The van der Waals surface area contributed by atoms with Crippen LogP contribution in [0.15, 0.2) is 18.2 Å². The monoisotopic (exact) mass is 265 g/mol. The summed E-state index contributed by atoms with van der Waals surface area (Å²) in [5.41, 5.74) is 7.22. The second kappa shape index (κ2) is 7.51. The predicted octanol–water partition coefficient (Wildman–Crippen LogP) is 1.99. The van der Waals surface area contributed by atoms with Crippen LogP contribution in [0, 0.1) is 0 Å². The van der Waals surface area contributed by atoms with Crippen molar-refractivity contribution in [3.63, 3.8) is 0 Å². The average molecular weight is 265 g/mol. The zero-order valence-electron chi connectivity index (χ0n) is 11.8. The topological polar surface area (TPSA) is 76.4 Å². The van der Waals surface area contributed by atoms with E-state index in [-0.39, 0.29) is 11.9 Å². The van der Waals surface area contributed by atoms with Crippen molar-refractivity contribution < 1.29 is 9.53 Å².